The molecule has 2 aromatic rings. The molecule has 0 unspecified atom stereocenters. The van der Waals surface area contributed by atoms with Crippen LogP contribution in [0.4, 0.5) is 5.69 Å². The fourth-order valence-electron chi connectivity index (χ4n) is 2.00. The van der Waals surface area contributed by atoms with E-state index in [1.165, 1.54) is 25.4 Å². The van der Waals surface area contributed by atoms with Crippen molar-refractivity contribution in [2.24, 2.45) is 0 Å². The summed E-state index contributed by atoms with van der Waals surface area (Å²) in [6.07, 6.45) is 2.68. The molecule has 0 radical (unpaired) electrons. The van der Waals surface area contributed by atoms with Gasteiger partial charge in [0.2, 0.25) is 0 Å². The molecular weight excluding hydrogens is 268 g/mol. The Kier molecular flexibility index (Phi) is 4.23. The molecule has 1 amide bonds. The number of anilines is 1. The number of hydrogen-bond acceptors (Lipinski definition) is 4. The lowest BCUT2D eigenvalue weighted by atomic mass is 9.84. The van der Waals surface area contributed by atoms with E-state index in [4.69, 9.17) is 0 Å². The molecule has 0 saturated carbocycles. The molecule has 1 aromatic carbocycles. The first kappa shape index (κ1) is 15.0. The zero-order valence-corrected chi connectivity index (χ0v) is 11.9. The molecule has 0 aliphatic carbocycles. The first-order valence-electron chi connectivity index (χ1n) is 6.64. The van der Waals surface area contributed by atoms with Gasteiger partial charge in [-0.2, -0.15) is 0 Å². The summed E-state index contributed by atoms with van der Waals surface area (Å²) in [5.74, 6) is -1.13. The van der Waals surface area contributed by atoms with E-state index < -0.39 is 17.4 Å². The normalized spacial score (nSPS) is 15.0. The van der Waals surface area contributed by atoms with Crippen LogP contribution in [0.25, 0.3) is 0 Å². The van der Waals surface area contributed by atoms with Crippen LogP contribution in [0.2, 0.25) is 0 Å². The van der Waals surface area contributed by atoms with Gasteiger partial charge in [0.1, 0.15) is 5.60 Å². The molecule has 110 valence electrons. The maximum Gasteiger partial charge on any atom is 0.256 e. The number of aromatic nitrogens is 1. The molecule has 1 aromatic heterocycles. The summed E-state index contributed by atoms with van der Waals surface area (Å²) in [4.78, 5) is 16.0. The van der Waals surface area contributed by atoms with Crippen LogP contribution in [0.1, 0.15) is 25.3 Å². The molecule has 0 bridgehead atoms. The van der Waals surface area contributed by atoms with Crippen molar-refractivity contribution in [1.82, 2.24) is 4.98 Å². The number of nitrogens with zero attached hydrogens (tertiary/aromatic N) is 1. The predicted molar refractivity (Wildman–Crippen MR) is 80.0 cm³/mol. The fraction of sp³-hybridized carbons (Fsp3) is 0.250. The minimum Gasteiger partial charge on any atom is -0.504 e. The molecular formula is C16H18N2O3. The van der Waals surface area contributed by atoms with Gasteiger partial charge < -0.3 is 15.5 Å². The number of rotatable bonds is 4. The Morgan fingerprint density at radius 1 is 1.29 bits per heavy atom. The monoisotopic (exact) mass is 286 g/mol. The molecule has 0 saturated heterocycles. The first-order valence-corrected chi connectivity index (χ1v) is 6.64. The van der Waals surface area contributed by atoms with E-state index in [2.05, 4.69) is 10.3 Å². The Morgan fingerprint density at radius 3 is 2.57 bits per heavy atom. The number of carbonyl (C=O) groups excluding carboxylic acids is 1. The van der Waals surface area contributed by atoms with Crippen molar-refractivity contribution < 1.29 is 15.0 Å². The number of pyridine rings is 1. The van der Waals surface area contributed by atoms with E-state index >= 15 is 0 Å². The Labute approximate surface area is 123 Å². The summed E-state index contributed by atoms with van der Waals surface area (Å²) in [6, 6.07) is 10.8. The summed E-state index contributed by atoms with van der Waals surface area (Å²) in [5.41, 5.74) is -0.538. The molecule has 0 spiro atoms. The topological polar surface area (TPSA) is 82.5 Å². The lowest BCUT2D eigenvalue weighted by Crippen LogP contribution is -2.44. The van der Waals surface area contributed by atoms with Gasteiger partial charge in [0.15, 0.2) is 5.75 Å². The van der Waals surface area contributed by atoms with Gasteiger partial charge in [0, 0.05) is 12.1 Å². The van der Waals surface area contributed by atoms with Crippen LogP contribution in [0.15, 0.2) is 48.8 Å². The van der Waals surface area contributed by atoms with Crippen LogP contribution in [0, 0.1) is 0 Å². The van der Waals surface area contributed by atoms with Gasteiger partial charge in [-0.1, -0.05) is 37.3 Å². The molecule has 21 heavy (non-hydrogen) atoms. The van der Waals surface area contributed by atoms with Crippen LogP contribution in [-0.2, 0) is 4.79 Å². The smallest absolute Gasteiger partial charge is 0.256 e. The maximum atomic E-state index is 12.3. The average molecular weight is 286 g/mol. The van der Waals surface area contributed by atoms with E-state index in [-0.39, 0.29) is 11.4 Å². The van der Waals surface area contributed by atoms with Gasteiger partial charge in [0.05, 0.1) is 11.9 Å². The number of hydrogen-bond donors (Lipinski definition) is 3. The summed E-state index contributed by atoms with van der Waals surface area (Å²) < 4.78 is 0. The largest absolute Gasteiger partial charge is 0.504 e. The zero-order valence-electron chi connectivity index (χ0n) is 11.9. The SMILES string of the molecule is C[C@H](c1ccccc1)[C@](C)(O)C(=O)Nc1ccncc1O. The summed E-state index contributed by atoms with van der Waals surface area (Å²) in [7, 11) is 0. The fourth-order valence-corrected chi connectivity index (χ4v) is 2.00. The second kappa shape index (κ2) is 5.93. The molecule has 0 aliphatic rings. The van der Waals surface area contributed by atoms with Crippen molar-refractivity contribution in [3.8, 4) is 5.75 Å². The molecule has 0 aliphatic heterocycles. The second-order valence-corrected chi connectivity index (χ2v) is 5.13. The average Bonchev–Trinajstić information content (AvgIpc) is 2.49. The molecule has 5 heteroatoms. The lowest BCUT2D eigenvalue weighted by Gasteiger charge is -2.29. The van der Waals surface area contributed by atoms with E-state index in [9.17, 15) is 15.0 Å². The number of aliphatic hydroxyl groups is 1. The van der Waals surface area contributed by atoms with Gasteiger partial charge in [-0.3, -0.25) is 9.78 Å². The number of nitrogens with one attached hydrogen (secondary N) is 1. The highest BCUT2D eigenvalue weighted by atomic mass is 16.3. The van der Waals surface area contributed by atoms with Crippen LogP contribution >= 0.6 is 0 Å². The summed E-state index contributed by atoms with van der Waals surface area (Å²) >= 11 is 0. The molecule has 3 N–H and O–H groups in total. The van der Waals surface area contributed by atoms with Crippen LogP contribution in [-0.4, -0.2) is 26.7 Å². The molecule has 5 nitrogen and oxygen atoms in total. The van der Waals surface area contributed by atoms with E-state index in [1.54, 1.807) is 6.92 Å². The standard InChI is InChI=1S/C16H18N2O3/c1-11(12-6-4-3-5-7-12)16(2,21)15(20)18-13-8-9-17-10-14(13)19/h3-11,19,21H,1-2H3,(H,17,18,20)/t11-,16+/m1/s1. The Morgan fingerprint density at radius 2 is 1.95 bits per heavy atom. The van der Waals surface area contributed by atoms with Gasteiger partial charge in [-0.05, 0) is 18.6 Å². The van der Waals surface area contributed by atoms with Crippen LogP contribution in [0.5, 0.6) is 5.75 Å². The van der Waals surface area contributed by atoms with Crippen molar-refractivity contribution in [2.45, 2.75) is 25.4 Å². The van der Waals surface area contributed by atoms with E-state index in [0.717, 1.165) is 5.56 Å². The predicted octanol–water partition coefficient (Wildman–Crippen LogP) is 2.28. The highest BCUT2D eigenvalue weighted by molar-refractivity contribution is 5.98. The van der Waals surface area contributed by atoms with Gasteiger partial charge in [-0.15, -0.1) is 0 Å². The highest BCUT2D eigenvalue weighted by Gasteiger charge is 2.37. The van der Waals surface area contributed by atoms with Crippen molar-refractivity contribution in [3.63, 3.8) is 0 Å². The second-order valence-electron chi connectivity index (χ2n) is 5.13. The van der Waals surface area contributed by atoms with Crippen molar-refractivity contribution in [3.05, 3.63) is 54.4 Å². The molecule has 0 fully saturated rings. The van der Waals surface area contributed by atoms with Gasteiger partial charge >= 0.3 is 0 Å². The van der Waals surface area contributed by atoms with Crippen LogP contribution in [0.3, 0.4) is 0 Å². The number of amides is 1. The highest BCUT2D eigenvalue weighted by Crippen LogP contribution is 2.30. The first-order chi connectivity index (χ1) is 9.93. The van der Waals surface area contributed by atoms with Gasteiger partial charge in [-0.25, -0.2) is 0 Å². The minimum absolute atomic E-state index is 0.144. The minimum atomic E-state index is -1.61. The third-order valence-corrected chi connectivity index (χ3v) is 3.65. The van der Waals surface area contributed by atoms with E-state index in [1.807, 2.05) is 30.3 Å². The van der Waals surface area contributed by atoms with Crippen LogP contribution < -0.4 is 5.32 Å². The molecule has 1 heterocycles. The summed E-state index contributed by atoms with van der Waals surface area (Å²) in [5, 5.41) is 22.7. The van der Waals surface area contributed by atoms with Crippen molar-refractivity contribution in [2.75, 3.05) is 5.32 Å². The van der Waals surface area contributed by atoms with Gasteiger partial charge in [0.25, 0.3) is 5.91 Å². The third-order valence-electron chi connectivity index (χ3n) is 3.65. The lowest BCUT2D eigenvalue weighted by molar-refractivity contribution is -0.134. The Bertz CT molecular complexity index is 626. The Balaban J connectivity index is 2.19. The quantitative estimate of drug-likeness (QED) is 0.805. The molecule has 2 atom stereocenters. The van der Waals surface area contributed by atoms with E-state index in [0.29, 0.717) is 0 Å². The van der Waals surface area contributed by atoms with Crippen molar-refractivity contribution >= 4 is 11.6 Å². The number of carbonyl (C=O) groups is 1. The third kappa shape index (κ3) is 3.20. The molecule has 2 rings (SSSR count). The zero-order chi connectivity index (χ0) is 15.5. The number of benzene rings is 1. The summed E-state index contributed by atoms with van der Waals surface area (Å²) in [6.45, 7) is 3.24. The Hall–Kier alpha value is -2.40. The number of aromatic hydroxyl groups is 1. The maximum absolute atomic E-state index is 12.3. The van der Waals surface area contributed by atoms with Crippen molar-refractivity contribution in [1.29, 1.82) is 0 Å².